The Balaban J connectivity index is 1.90. The normalized spacial score (nSPS) is 26.8. The number of hydrogen-bond donors (Lipinski definition) is 2. The molecule has 3 N–H and O–H groups in total. The molecule has 4 atom stereocenters. The topological polar surface area (TPSA) is 144 Å². The Morgan fingerprint density at radius 2 is 2.26 bits per heavy atom. The zero-order chi connectivity index (χ0) is 16.6. The van der Waals surface area contributed by atoms with Gasteiger partial charge in [0.1, 0.15) is 17.7 Å². The lowest BCUT2D eigenvalue weighted by Gasteiger charge is -2.44. The molecule has 0 radical (unpaired) electrons. The van der Waals surface area contributed by atoms with Gasteiger partial charge in [0.25, 0.3) is 0 Å². The quantitative estimate of drug-likeness (QED) is 0.691. The Hall–Kier alpha value is -1.62. The van der Waals surface area contributed by atoms with E-state index in [1.54, 1.807) is 4.57 Å². The molecule has 3 rings (SSSR count). The number of nitrogens with two attached hydrogens (primary N) is 1. The average Bonchev–Trinajstić information content (AvgIpc) is 2.91. The van der Waals surface area contributed by atoms with Crippen LogP contribution in [0.3, 0.4) is 0 Å². The van der Waals surface area contributed by atoms with Crippen LogP contribution in [-0.2, 0) is 23.1 Å². The van der Waals surface area contributed by atoms with Crippen LogP contribution in [0.2, 0.25) is 0 Å². The fraction of sp³-hybridized carbons (Fsp3) is 0.545. The Kier molecular flexibility index (Phi) is 4.32. The highest BCUT2D eigenvalue weighted by molar-refractivity contribution is 7.47. The summed E-state index contributed by atoms with van der Waals surface area (Å²) >= 11 is 0. The first kappa shape index (κ1) is 16.2. The van der Waals surface area contributed by atoms with Crippen LogP contribution in [-0.4, -0.2) is 57.4 Å². The third-order valence-corrected chi connectivity index (χ3v) is 4.36. The standard InChI is InChI=1S/C11H16N5O6P/c1-19-4-7-8(22-23(17,18)20-2)10(21-7)16-5-14-6-3-13-11(12)15-9(6)16/h3,5,7-8,10H,4H2,1-2H3,(H,17,18)(H2,12,13,15). The molecule has 1 fully saturated rings. The maximum absolute atomic E-state index is 11.7. The zero-order valence-electron chi connectivity index (χ0n) is 12.4. The van der Waals surface area contributed by atoms with Gasteiger partial charge in [-0.15, -0.1) is 0 Å². The van der Waals surface area contributed by atoms with Gasteiger partial charge in [-0.2, -0.15) is 4.98 Å². The molecule has 0 spiro atoms. The largest absolute Gasteiger partial charge is 0.472 e. The van der Waals surface area contributed by atoms with E-state index >= 15 is 0 Å². The second-order valence-electron chi connectivity index (χ2n) is 4.83. The second kappa shape index (κ2) is 6.11. The van der Waals surface area contributed by atoms with E-state index in [9.17, 15) is 9.46 Å². The van der Waals surface area contributed by atoms with Gasteiger partial charge in [-0.25, -0.2) is 14.5 Å². The molecule has 0 bridgehead atoms. The predicted octanol–water partition coefficient (Wildman–Crippen LogP) is 0.0843. The number of methoxy groups -OCH3 is 1. The summed E-state index contributed by atoms with van der Waals surface area (Å²) in [5.74, 6) is 0.0780. The molecule has 3 heterocycles. The van der Waals surface area contributed by atoms with Crippen molar-refractivity contribution in [1.29, 1.82) is 0 Å². The highest BCUT2D eigenvalue weighted by Crippen LogP contribution is 2.49. The van der Waals surface area contributed by atoms with Crippen LogP contribution < -0.4 is 5.73 Å². The van der Waals surface area contributed by atoms with Crippen molar-refractivity contribution in [2.75, 3.05) is 26.6 Å². The molecule has 126 valence electrons. The van der Waals surface area contributed by atoms with Gasteiger partial charge >= 0.3 is 7.82 Å². The van der Waals surface area contributed by atoms with E-state index in [-0.39, 0.29) is 12.6 Å². The summed E-state index contributed by atoms with van der Waals surface area (Å²) in [7, 11) is -1.62. The van der Waals surface area contributed by atoms with Crippen LogP contribution in [0.4, 0.5) is 5.95 Å². The van der Waals surface area contributed by atoms with E-state index in [0.29, 0.717) is 11.2 Å². The van der Waals surface area contributed by atoms with Crippen molar-refractivity contribution in [2.24, 2.45) is 0 Å². The van der Waals surface area contributed by atoms with Crippen LogP contribution in [0.25, 0.3) is 11.2 Å². The van der Waals surface area contributed by atoms with Crippen LogP contribution in [0.15, 0.2) is 12.5 Å². The van der Waals surface area contributed by atoms with Gasteiger partial charge in [0, 0.05) is 14.2 Å². The number of rotatable bonds is 6. The van der Waals surface area contributed by atoms with E-state index in [0.717, 1.165) is 7.11 Å². The SMILES string of the molecule is COCC1OC(n2cnc3cnc(N)nc32)C1OP(=O)(O)OC. The number of anilines is 1. The number of phosphoric acid groups is 1. The molecule has 23 heavy (non-hydrogen) atoms. The number of nitrogen functional groups attached to an aromatic ring is 1. The van der Waals surface area contributed by atoms with Crippen molar-refractivity contribution in [3.05, 3.63) is 12.5 Å². The summed E-state index contributed by atoms with van der Waals surface area (Å²) in [6.07, 6.45) is 0.918. The van der Waals surface area contributed by atoms with E-state index in [4.69, 9.17) is 19.7 Å². The van der Waals surface area contributed by atoms with Crippen molar-refractivity contribution in [2.45, 2.75) is 18.4 Å². The number of imidazole rings is 1. The Labute approximate surface area is 131 Å². The van der Waals surface area contributed by atoms with Gasteiger partial charge in [0.05, 0.1) is 19.1 Å². The lowest BCUT2D eigenvalue weighted by Crippen LogP contribution is -2.53. The summed E-state index contributed by atoms with van der Waals surface area (Å²) in [5, 5.41) is 0. The maximum atomic E-state index is 11.7. The molecule has 1 saturated heterocycles. The highest BCUT2D eigenvalue weighted by Gasteiger charge is 2.49. The van der Waals surface area contributed by atoms with E-state index in [2.05, 4.69) is 19.5 Å². The average molecular weight is 345 g/mol. The third-order valence-electron chi connectivity index (χ3n) is 3.39. The Morgan fingerprint density at radius 3 is 2.96 bits per heavy atom. The van der Waals surface area contributed by atoms with Gasteiger partial charge < -0.3 is 20.1 Å². The van der Waals surface area contributed by atoms with E-state index < -0.39 is 26.3 Å². The summed E-state index contributed by atoms with van der Waals surface area (Å²) in [4.78, 5) is 21.7. The Morgan fingerprint density at radius 1 is 1.48 bits per heavy atom. The molecule has 2 aromatic rings. The number of ether oxygens (including phenoxy) is 2. The first-order valence-electron chi connectivity index (χ1n) is 6.61. The molecule has 0 amide bonds. The molecule has 1 aliphatic rings. The lowest BCUT2D eigenvalue weighted by atomic mass is 10.1. The first-order chi connectivity index (χ1) is 10.9. The number of nitrogens with zero attached hydrogens (tertiary/aromatic N) is 4. The first-order valence-corrected chi connectivity index (χ1v) is 8.11. The molecule has 12 heteroatoms. The molecule has 11 nitrogen and oxygen atoms in total. The minimum absolute atomic E-state index is 0.0780. The second-order valence-corrected chi connectivity index (χ2v) is 6.34. The van der Waals surface area contributed by atoms with Crippen molar-refractivity contribution in [3.63, 3.8) is 0 Å². The molecule has 0 aliphatic carbocycles. The van der Waals surface area contributed by atoms with Crippen molar-refractivity contribution in [1.82, 2.24) is 19.5 Å². The van der Waals surface area contributed by atoms with Gasteiger partial charge in [0.15, 0.2) is 11.9 Å². The van der Waals surface area contributed by atoms with Crippen LogP contribution in [0, 0.1) is 0 Å². The smallest absolute Gasteiger partial charge is 0.382 e. The molecule has 0 saturated carbocycles. The Bertz CT molecular complexity index is 754. The van der Waals surface area contributed by atoms with Gasteiger partial charge in [-0.1, -0.05) is 0 Å². The lowest BCUT2D eigenvalue weighted by molar-refractivity contribution is -0.260. The predicted molar refractivity (Wildman–Crippen MR) is 77.2 cm³/mol. The minimum atomic E-state index is -4.19. The number of hydrogen-bond acceptors (Lipinski definition) is 9. The molecule has 4 unspecified atom stereocenters. The monoisotopic (exact) mass is 345 g/mol. The zero-order valence-corrected chi connectivity index (χ0v) is 13.3. The number of aromatic nitrogens is 4. The van der Waals surface area contributed by atoms with Crippen molar-refractivity contribution in [3.8, 4) is 0 Å². The number of fused-ring (bicyclic) bond motifs is 1. The van der Waals surface area contributed by atoms with Crippen molar-refractivity contribution < 1.29 is 28.0 Å². The number of phosphoric ester groups is 1. The summed E-state index contributed by atoms with van der Waals surface area (Å²) in [5.41, 5.74) is 6.52. The summed E-state index contributed by atoms with van der Waals surface area (Å²) < 4.78 is 33.6. The fourth-order valence-electron chi connectivity index (χ4n) is 2.29. The molecule has 0 aromatic carbocycles. The minimum Gasteiger partial charge on any atom is -0.382 e. The van der Waals surface area contributed by atoms with Crippen LogP contribution in [0.5, 0.6) is 0 Å². The molecular formula is C11H16N5O6P. The fourth-order valence-corrected chi connectivity index (χ4v) is 2.93. The molecule has 1 aliphatic heterocycles. The third kappa shape index (κ3) is 3.07. The van der Waals surface area contributed by atoms with Gasteiger partial charge in [-0.3, -0.25) is 13.6 Å². The highest BCUT2D eigenvalue weighted by atomic mass is 31.2. The van der Waals surface area contributed by atoms with E-state index in [1.807, 2.05) is 0 Å². The molecular weight excluding hydrogens is 329 g/mol. The summed E-state index contributed by atoms with van der Waals surface area (Å²) in [6.45, 7) is 0.189. The van der Waals surface area contributed by atoms with Gasteiger partial charge in [0.2, 0.25) is 5.95 Å². The maximum Gasteiger partial charge on any atom is 0.472 e. The van der Waals surface area contributed by atoms with Crippen LogP contribution in [0.1, 0.15) is 6.23 Å². The summed E-state index contributed by atoms with van der Waals surface area (Å²) in [6, 6.07) is 0. The molecule has 2 aromatic heterocycles. The van der Waals surface area contributed by atoms with Crippen LogP contribution >= 0.6 is 7.82 Å². The van der Waals surface area contributed by atoms with Gasteiger partial charge in [-0.05, 0) is 0 Å². The van der Waals surface area contributed by atoms with E-state index in [1.165, 1.54) is 19.6 Å². The van der Waals surface area contributed by atoms with Crippen molar-refractivity contribution >= 4 is 24.9 Å².